The molecule has 0 atom stereocenters. The van der Waals surface area contributed by atoms with E-state index in [2.05, 4.69) is 11.9 Å². The second-order valence-electron chi connectivity index (χ2n) is 5.22. The van der Waals surface area contributed by atoms with Gasteiger partial charge in [0.05, 0.1) is 0 Å². The highest BCUT2D eigenvalue weighted by atomic mass is 35.5. The Hall–Kier alpha value is -1.64. The molecule has 0 spiro atoms. The van der Waals surface area contributed by atoms with E-state index < -0.39 is 0 Å². The van der Waals surface area contributed by atoms with Crippen LogP contribution in [0.15, 0.2) is 54.6 Å². The van der Waals surface area contributed by atoms with Crippen LogP contribution in [0.5, 0.6) is 0 Å². The zero-order valence-electron chi connectivity index (χ0n) is 12.3. The van der Waals surface area contributed by atoms with Crippen LogP contribution >= 0.6 is 11.6 Å². The van der Waals surface area contributed by atoms with Crippen molar-refractivity contribution in [2.45, 2.75) is 19.4 Å². The summed E-state index contributed by atoms with van der Waals surface area (Å²) in [5.41, 5.74) is 1.92. The van der Waals surface area contributed by atoms with Gasteiger partial charge < -0.3 is 4.90 Å². The zero-order valence-corrected chi connectivity index (χ0v) is 13.0. The number of halogens is 1. The zero-order chi connectivity index (χ0) is 15.1. The number of rotatable bonds is 7. The molecule has 0 radical (unpaired) electrons. The summed E-state index contributed by atoms with van der Waals surface area (Å²) in [7, 11) is 2.05. The first-order valence-corrected chi connectivity index (χ1v) is 7.55. The van der Waals surface area contributed by atoms with Crippen molar-refractivity contribution in [3.05, 3.63) is 70.7 Å². The molecule has 0 aliphatic heterocycles. The van der Waals surface area contributed by atoms with Crippen molar-refractivity contribution in [3.63, 3.8) is 0 Å². The minimum atomic E-state index is 0.210. The lowest BCUT2D eigenvalue weighted by atomic mass is 10.1. The van der Waals surface area contributed by atoms with Crippen molar-refractivity contribution < 1.29 is 4.79 Å². The molecule has 0 saturated heterocycles. The number of carbonyl (C=O) groups is 1. The normalized spacial score (nSPS) is 10.8. The van der Waals surface area contributed by atoms with Gasteiger partial charge in [-0.05, 0) is 31.6 Å². The summed E-state index contributed by atoms with van der Waals surface area (Å²) in [5, 5.41) is 0.796. The Kier molecular flexibility index (Phi) is 5.97. The molecule has 0 amide bonds. The van der Waals surface area contributed by atoms with Crippen molar-refractivity contribution in [3.8, 4) is 0 Å². The van der Waals surface area contributed by atoms with Crippen LogP contribution in [0.25, 0.3) is 0 Å². The molecule has 3 heteroatoms. The van der Waals surface area contributed by atoms with Crippen LogP contribution in [-0.2, 0) is 6.54 Å². The number of hydrogen-bond donors (Lipinski definition) is 0. The van der Waals surface area contributed by atoms with Crippen LogP contribution in [-0.4, -0.2) is 24.3 Å². The monoisotopic (exact) mass is 301 g/mol. The Balaban J connectivity index is 1.76. The molecule has 2 nitrogen and oxygen atoms in total. The molecule has 0 fully saturated rings. The molecule has 110 valence electrons. The van der Waals surface area contributed by atoms with Gasteiger partial charge in [0.1, 0.15) is 0 Å². The number of Topliss-reactive ketones (excluding diaryl/α,β-unsaturated/α-hetero) is 1. The summed E-state index contributed by atoms with van der Waals surface area (Å²) in [6, 6.07) is 17.3. The maximum atomic E-state index is 12.0. The van der Waals surface area contributed by atoms with E-state index in [1.807, 2.05) is 54.6 Å². The SMILES string of the molecule is CN(CCCC(=O)c1ccccc1)Cc1ccccc1Cl. The fraction of sp³-hybridized carbons (Fsp3) is 0.278. The highest BCUT2D eigenvalue weighted by Crippen LogP contribution is 2.16. The van der Waals surface area contributed by atoms with E-state index in [0.29, 0.717) is 6.42 Å². The van der Waals surface area contributed by atoms with Gasteiger partial charge in [-0.1, -0.05) is 60.1 Å². The maximum Gasteiger partial charge on any atom is 0.162 e. The van der Waals surface area contributed by atoms with Gasteiger partial charge in [0, 0.05) is 23.6 Å². The summed E-state index contributed by atoms with van der Waals surface area (Å²) in [5.74, 6) is 0.210. The summed E-state index contributed by atoms with van der Waals surface area (Å²) < 4.78 is 0. The van der Waals surface area contributed by atoms with Crippen molar-refractivity contribution >= 4 is 17.4 Å². The number of ketones is 1. The van der Waals surface area contributed by atoms with Crippen molar-refractivity contribution in [2.24, 2.45) is 0 Å². The van der Waals surface area contributed by atoms with Crippen LogP contribution in [0.1, 0.15) is 28.8 Å². The largest absolute Gasteiger partial charge is 0.302 e. The van der Waals surface area contributed by atoms with Gasteiger partial charge in [-0.3, -0.25) is 4.79 Å². The van der Waals surface area contributed by atoms with Gasteiger partial charge in [0.2, 0.25) is 0 Å². The van der Waals surface area contributed by atoms with Gasteiger partial charge >= 0.3 is 0 Å². The van der Waals surface area contributed by atoms with Gasteiger partial charge in [0.25, 0.3) is 0 Å². The van der Waals surface area contributed by atoms with Gasteiger partial charge in [-0.2, -0.15) is 0 Å². The Bertz CT molecular complexity index is 583. The first-order chi connectivity index (χ1) is 10.2. The molecule has 0 N–H and O–H groups in total. The van der Waals surface area contributed by atoms with E-state index in [9.17, 15) is 4.79 Å². The third-order valence-corrected chi connectivity index (χ3v) is 3.81. The van der Waals surface area contributed by atoms with E-state index in [0.717, 1.165) is 35.7 Å². The van der Waals surface area contributed by atoms with E-state index in [1.54, 1.807) is 0 Å². The van der Waals surface area contributed by atoms with Crippen molar-refractivity contribution in [2.75, 3.05) is 13.6 Å². The quantitative estimate of drug-likeness (QED) is 0.705. The fourth-order valence-electron chi connectivity index (χ4n) is 2.27. The molecule has 2 aromatic rings. The fourth-order valence-corrected chi connectivity index (χ4v) is 2.47. The predicted molar refractivity (Wildman–Crippen MR) is 87.8 cm³/mol. The lowest BCUT2D eigenvalue weighted by Gasteiger charge is -2.17. The van der Waals surface area contributed by atoms with E-state index in [1.165, 1.54) is 0 Å². The molecule has 0 aliphatic rings. The summed E-state index contributed by atoms with van der Waals surface area (Å²) in [6.45, 7) is 1.68. The number of carbonyl (C=O) groups excluding carboxylic acids is 1. The number of benzene rings is 2. The Labute approximate surface area is 131 Å². The van der Waals surface area contributed by atoms with Crippen molar-refractivity contribution in [1.29, 1.82) is 0 Å². The lowest BCUT2D eigenvalue weighted by Crippen LogP contribution is -2.20. The minimum Gasteiger partial charge on any atom is -0.302 e. The van der Waals surface area contributed by atoms with Gasteiger partial charge in [-0.25, -0.2) is 0 Å². The Morgan fingerprint density at radius 2 is 1.71 bits per heavy atom. The van der Waals surface area contributed by atoms with Gasteiger partial charge in [0.15, 0.2) is 5.78 Å². The standard InChI is InChI=1S/C18H20ClNO/c1-20(14-16-10-5-6-11-17(16)19)13-7-12-18(21)15-8-3-2-4-9-15/h2-6,8-11H,7,12-14H2,1H3. The average Bonchev–Trinajstić information content (AvgIpc) is 2.50. The van der Waals surface area contributed by atoms with Crippen LogP contribution in [0, 0.1) is 0 Å². The van der Waals surface area contributed by atoms with Crippen molar-refractivity contribution in [1.82, 2.24) is 4.90 Å². The second kappa shape index (κ2) is 7.96. The highest BCUT2D eigenvalue weighted by molar-refractivity contribution is 6.31. The average molecular weight is 302 g/mol. The minimum absolute atomic E-state index is 0.210. The third-order valence-electron chi connectivity index (χ3n) is 3.44. The van der Waals surface area contributed by atoms with E-state index in [-0.39, 0.29) is 5.78 Å². The summed E-state index contributed by atoms with van der Waals surface area (Å²) in [6.07, 6.45) is 1.44. The molecule has 0 aliphatic carbocycles. The molecule has 0 bridgehead atoms. The predicted octanol–water partition coefficient (Wildman–Crippen LogP) is 4.43. The molecule has 0 saturated carbocycles. The Morgan fingerprint density at radius 1 is 1.05 bits per heavy atom. The molecular weight excluding hydrogens is 282 g/mol. The molecular formula is C18H20ClNO. The summed E-state index contributed by atoms with van der Waals surface area (Å²) in [4.78, 5) is 14.2. The topological polar surface area (TPSA) is 20.3 Å². The van der Waals surface area contributed by atoms with E-state index in [4.69, 9.17) is 11.6 Å². The van der Waals surface area contributed by atoms with Crippen LogP contribution in [0.3, 0.4) is 0 Å². The molecule has 2 rings (SSSR count). The highest BCUT2D eigenvalue weighted by Gasteiger charge is 2.07. The van der Waals surface area contributed by atoms with Crippen LogP contribution in [0.2, 0.25) is 5.02 Å². The summed E-state index contributed by atoms with van der Waals surface area (Å²) >= 11 is 6.15. The lowest BCUT2D eigenvalue weighted by molar-refractivity contribution is 0.0976. The van der Waals surface area contributed by atoms with Gasteiger partial charge in [-0.15, -0.1) is 0 Å². The third kappa shape index (κ3) is 5.00. The first-order valence-electron chi connectivity index (χ1n) is 7.17. The molecule has 2 aromatic carbocycles. The second-order valence-corrected chi connectivity index (χ2v) is 5.63. The van der Waals surface area contributed by atoms with Crippen LogP contribution < -0.4 is 0 Å². The smallest absolute Gasteiger partial charge is 0.162 e. The number of nitrogens with zero attached hydrogens (tertiary/aromatic N) is 1. The van der Waals surface area contributed by atoms with Crippen LogP contribution in [0.4, 0.5) is 0 Å². The first kappa shape index (κ1) is 15.7. The molecule has 0 heterocycles. The van der Waals surface area contributed by atoms with E-state index >= 15 is 0 Å². The molecule has 0 unspecified atom stereocenters. The Morgan fingerprint density at radius 3 is 2.43 bits per heavy atom. The molecule has 21 heavy (non-hydrogen) atoms. The maximum absolute atomic E-state index is 12.0. The number of hydrogen-bond acceptors (Lipinski definition) is 2. The molecule has 0 aromatic heterocycles.